The first-order valence-electron chi connectivity index (χ1n) is 8.08. The molecule has 6 heteroatoms. The number of hydrogen-bond donors (Lipinski definition) is 3. The SMILES string of the molecule is Cc1cc(/C=N\Nc2ccc3cccc(O)c3n2)c(O)c2ncccc12. The summed E-state index contributed by atoms with van der Waals surface area (Å²) < 4.78 is 0. The van der Waals surface area contributed by atoms with E-state index in [1.807, 2.05) is 37.3 Å². The van der Waals surface area contributed by atoms with Crippen LogP contribution in [0.2, 0.25) is 0 Å². The van der Waals surface area contributed by atoms with Crippen molar-refractivity contribution in [3.05, 3.63) is 65.9 Å². The van der Waals surface area contributed by atoms with Crippen molar-refractivity contribution in [1.82, 2.24) is 9.97 Å². The average Bonchev–Trinajstić information content (AvgIpc) is 2.66. The molecule has 2 aromatic carbocycles. The lowest BCUT2D eigenvalue weighted by atomic mass is 10.0. The standard InChI is InChI=1S/C20H16N4O2/c1-12-10-14(20(26)19-15(12)5-3-9-21-19)11-22-24-17-8-7-13-4-2-6-16(25)18(13)23-17/h2-11,25-26H,1H3,(H,23,24)/b22-11-. The molecular weight excluding hydrogens is 328 g/mol. The Kier molecular flexibility index (Phi) is 3.85. The first-order chi connectivity index (χ1) is 12.6. The van der Waals surface area contributed by atoms with Gasteiger partial charge in [-0.1, -0.05) is 18.2 Å². The maximum Gasteiger partial charge on any atom is 0.150 e. The third kappa shape index (κ3) is 2.77. The van der Waals surface area contributed by atoms with Crippen LogP contribution in [-0.4, -0.2) is 26.4 Å². The van der Waals surface area contributed by atoms with Gasteiger partial charge in [0.1, 0.15) is 22.6 Å². The summed E-state index contributed by atoms with van der Waals surface area (Å²) >= 11 is 0. The van der Waals surface area contributed by atoms with Gasteiger partial charge in [-0.05, 0) is 42.8 Å². The summed E-state index contributed by atoms with van der Waals surface area (Å²) in [5.41, 5.74) is 5.43. The maximum atomic E-state index is 10.4. The van der Waals surface area contributed by atoms with Gasteiger partial charge in [0.25, 0.3) is 0 Å². The summed E-state index contributed by atoms with van der Waals surface area (Å²) in [6.45, 7) is 1.96. The van der Waals surface area contributed by atoms with Gasteiger partial charge < -0.3 is 10.2 Å². The Labute approximate surface area is 149 Å². The van der Waals surface area contributed by atoms with Gasteiger partial charge in [0, 0.05) is 22.5 Å². The van der Waals surface area contributed by atoms with E-state index in [2.05, 4.69) is 20.5 Å². The predicted molar refractivity (Wildman–Crippen MR) is 103 cm³/mol. The molecule has 0 radical (unpaired) electrons. The molecule has 26 heavy (non-hydrogen) atoms. The van der Waals surface area contributed by atoms with E-state index in [9.17, 15) is 10.2 Å². The lowest BCUT2D eigenvalue weighted by molar-refractivity contribution is 0.479. The predicted octanol–water partition coefficient (Wildman–Crippen LogP) is 3.95. The molecule has 0 aliphatic rings. The normalized spacial score (nSPS) is 11.4. The summed E-state index contributed by atoms with van der Waals surface area (Å²) in [7, 11) is 0. The molecule has 0 aliphatic heterocycles. The van der Waals surface area contributed by atoms with E-state index in [0.29, 0.717) is 22.4 Å². The molecule has 0 amide bonds. The zero-order valence-electron chi connectivity index (χ0n) is 14.0. The number of nitrogens with zero attached hydrogens (tertiary/aromatic N) is 3. The molecule has 0 spiro atoms. The van der Waals surface area contributed by atoms with Crippen LogP contribution in [0.15, 0.2) is 59.8 Å². The highest BCUT2D eigenvalue weighted by molar-refractivity contribution is 5.97. The number of aromatic nitrogens is 2. The van der Waals surface area contributed by atoms with E-state index < -0.39 is 0 Å². The van der Waals surface area contributed by atoms with Crippen LogP contribution in [0, 0.1) is 6.92 Å². The molecule has 0 saturated heterocycles. The smallest absolute Gasteiger partial charge is 0.150 e. The molecular formula is C20H16N4O2. The molecule has 0 fully saturated rings. The molecule has 0 atom stereocenters. The van der Waals surface area contributed by atoms with E-state index in [1.54, 1.807) is 24.4 Å². The number of hydrogen-bond acceptors (Lipinski definition) is 6. The minimum Gasteiger partial charge on any atom is -0.506 e. The van der Waals surface area contributed by atoms with Crippen molar-refractivity contribution in [2.24, 2.45) is 5.10 Å². The van der Waals surface area contributed by atoms with Crippen LogP contribution in [0.3, 0.4) is 0 Å². The second-order valence-electron chi connectivity index (χ2n) is 5.95. The number of phenols is 2. The fraction of sp³-hybridized carbons (Fsp3) is 0.0500. The number of hydrazone groups is 1. The lowest BCUT2D eigenvalue weighted by Gasteiger charge is -2.07. The van der Waals surface area contributed by atoms with Crippen molar-refractivity contribution in [3.63, 3.8) is 0 Å². The summed E-state index contributed by atoms with van der Waals surface area (Å²) in [5.74, 6) is 0.690. The summed E-state index contributed by atoms with van der Waals surface area (Å²) in [6.07, 6.45) is 3.17. The monoisotopic (exact) mass is 344 g/mol. The topological polar surface area (TPSA) is 90.6 Å². The van der Waals surface area contributed by atoms with Crippen LogP contribution < -0.4 is 5.43 Å². The number of nitrogens with one attached hydrogen (secondary N) is 1. The quantitative estimate of drug-likeness (QED) is 0.387. The number of aryl methyl sites for hydroxylation is 1. The second kappa shape index (κ2) is 6.33. The number of benzene rings is 2. The van der Waals surface area contributed by atoms with Gasteiger partial charge in [-0.2, -0.15) is 5.10 Å². The Bertz CT molecular complexity index is 1160. The lowest BCUT2D eigenvalue weighted by Crippen LogP contribution is -1.95. The highest BCUT2D eigenvalue weighted by Gasteiger charge is 2.08. The molecule has 6 nitrogen and oxygen atoms in total. The van der Waals surface area contributed by atoms with Crippen molar-refractivity contribution < 1.29 is 10.2 Å². The zero-order chi connectivity index (χ0) is 18.1. The van der Waals surface area contributed by atoms with Crippen molar-refractivity contribution in [3.8, 4) is 11.5 Å². The molecule has 4 aromatic rings. The van der Waals surface area contributed by atoms with Gasteiger partial charge in [-0.25, -0.2) is 4.98 Å². The van der Waals surface area contributed by atoms with Crippen molar-refractivity contribution in [2.45, 2.75) is 6.92 Å². The van der Waals surface area contributed by atoms with E-state index in [4.69, 9.17) is 0 Å². The molecule has 3 N–H and O–H groups in total. The van der Waals surface area contributed by atoms with Gasteiger partial charge >= 0.3 is 0 Å². The van der Waals surface area contributed by atoms with Crippen LogP contribution in [0.4, 0.5) is 5.82 Å². The van der Waals surface area contributed by atoms with Crippen molar-refractivity contribution in [2.75, 3.05) is 5.43 Å². The number of anilines is 1. The van der Waals surface area contributed by atoms with Gasteiger partial charge in [0.2, 0.25) is 0 Å². The molecule has 0 unspecified atom stereocenters. The molecule has 0 bridgehead atoms. The Balaban J connectivity index is 1.64. The Morgan fingerprint density at radius 1 is 1.04 bits per heavy atom. The number of phenolic OH excluding ortho intramolecular Hbond substituents is 2. The molecule has 128 valence electrons. The summed E-state index contributed by atoms with van der Waals surface area (Å²) in [5, 5.41) is 26.2. The highest BCUT2D eigenvalue weighted by Crippen LogP contribution is 2.29. The maximum absolute atomic E-state index is 10.4. The van der Waals surface area contributed by atoms with Crippen molar-refractivity contribution in [1.29, 1.82) is 0 Å². The van der Waals surface area contributed by atoms with Gasteiger partial charge in [0.15, 0.2) is 5.75 Å². The summed E-state index contributed by atoms with van der Waals surface area (Å²) in [6, 6.07) is 14.5. The van der Waals surface area contributed by atoms with Gasteiger partial charge in [-0.3, -0.25) is 10.4 Å². The van der Waals surface area contributed by atoms with E-state index in [1.165, 1.54) is 6.21 Å². The number of fused-ring (bicyclic) bond motifs is 2. The van der Waals surface area contributed by atoms with Gasteiger partial charge in [-0.15, -0.1) is 0 Å². The Morgan fingerprint density at radius 2 is 1.92 bits per heavy atom. The van der Waals surface area contributed by atoms with Gasteiger partial charge in [0.05, 0.1) is 6.21 Å². The number of aromatic hydroxyl groups is 2. The van der Waals surface area contributed by atoms with Crippen LogP contribution in [0.1, 0.15) is 11.1 Å². The highest BCUT2D eigenvalue weighted by atomic mass is 16.3. The average molecular weight is 344 g/mol. The first-order valence-corrected chi connectivity index (χ1v) is 8.08. The Hall–Kier alpha value is -3.67. The second-order valence-corrected chi connectivity index (χ2v) is 5.95. The molecule has 4 rings (SSSR count). The molecule has 0 saturated carbocycles. The Morgan fingerprint density at radius 3 is 2.81 bits per heavy atom. The number of para-hydroxylation sites is 1. The third-order valence-electron chi connectivity index (χ3n) is 4.18. The van der Waals surface area contributed by atoms with E-state index >= 15 is 0 Å². The summed E-state index contributed by atoms with van der Waals surface area (Å²) in [4.78, 5) is 8.59. The van der Waals surface area contributed by atoms with Crippen LogP contribution >= 0.6 is 0 Å². The minimum atomic E-state index is 0.0841. The third-order valence-corrected chi connectivity index (χ3v) is 4.18. The number of rotatable bonds is 3. The van der Waals surface area contributed by atoms with E-state index in [-0.39, 0.29) is 11.5 Å². The number of pyridine rings is 2. The minimum absolute atomic E-state index is 0.0841. The van der Waals surface area contributed by atoms with Crippen LogP contribution in [-0.2, 0) is 0 Å². The largest absolute Gasteiger partial charge is 0.506 e. The molecule has 0 aliphatic carbocycles. The van der Waals surface area contributed by atoms with Crippen molar-refractivity contribution >= 4 is 33.8 Å². The molecule has 2 heterocycles. The zero-order valence-corrected chi connectivity index (χ0v) is 14.0. The van der Waals surface area contributed by atoms with E-state index in [0.717, 1.165) is 16.3 Å². The van der Waals surface area contributed by atoms with Crippen LogP contribution in [0.5, 0.6) is 11.5 Å². The van der Waals surface area contributed by atoms with Crippen LogP contribution in [0.25, 0.3) is 21.8 Å². The first kappa shape index (κ1) is 15.8. The fourth-order valence-corrected chi connectivity index (χ4v) is 2.89. The molecule has 2 aromatic heterocycles. The fourth-order valence-electron chi connectivity index (χ4n) is 2.89.